The smallest absolute Gasteiger partial charge is 0.306 e. The molecule has 0 spiro atoms. The van der Waals surface area contributed by atoms with Crippen molar-refractivity contribution >= 4 is 17.9 Å². The minimum absolute atomic E-state index is 0.0450. The van der Waals surface area contributed by atoms with Gasteiger partial charge in [-0.15, -0.1) is 0 Å². The summed E-state index contributed by atoms with van der Waals surface area (Å²) in [4.78, 5) is 35.4. The molecule has 0 radical (unpaired) electrons. The number of aliphatic carboxylic acids is 1. The van der Waals surface area contributed by atoms with E-state index in [9.17, 15) is 24.6 Å². The molecule has 8 nitrogen and oxygen atoms in total. The second-order valence-corrected chi connectivity index (χ2v) is 15.0. The van der Waals surface area contributed by atoms with Crippen LogP contribution in [0, 0.1) is 46.3 Å². The minimum atomic E-state index is -1.01. The topological polar surface area (TPSA) is 130 Å². The van der Waals surface area contributed by atoms with E-state index in [1.165, 1.54) is 0 Å². The minimum Gasteiger partial charge on any atom is -0.481 e. The van der Waals surface area contributed by atoms with Crippen LogP contribution >= 0.6 is 0 Å². The van der Waals surface area contributed by atoms with Crippen LogP contribution in [0.15, 0.2) is 0 Å². The van der Waals surface area contributed by atoms with E-state index in [1.807, 2.05) is 20.8 Å². The van der Waals surface area contributed by atoms with Gasteiger partial charge >= 0.3 is 17.9 Å². The first kappa shape index (κ1) is 31.3. The van der Waals surface area contributed by atoms with Gasteiger partial charge in [0.25, 0.3) is 0 Å². The second kappa shape index (κ2) is 11.5. The number of carbonyl (C=O) groups is 3. The number of hydrogen-bond acceptors (Lipinski definition) is 7. The number of carbonyl (C=O) groups excluding carboxylic acids is 2. The molecule has 0 aromatic carbocycles. The normalized spacial score (nSPS) is 41.7. The molecule has 4 aliphatic carbocycles. The number of carboxylic acids is 1. The van der Waals surface area contributed by atoms with Crippen molar-refractivity contribution in [2.45, 2.75) is 136 Å². The van der Waals surface area contributed by atoms with Gasteiger partial charge in [-0.2, -0.15) is 0 Å². The number of aliphatic hydroxyl groups excluding tert-OH is 2. The Morgan fingerprint density at radius 2 is 1.62 bits per heavy atom. The zero-order chi connectivity index (χ0) is 29.6. The maximum Gasteiger partial charge on any atom is 0.306 e. The van der Waals surface area contributed by atoms with E-state index < -0.39 is 29.7 Å². The highest BCUT2D eigenvalue weighted by molar-refractivity contribution is 5.76. The number of rotatable bonds is 8. The van der Waals surface area contributed by atoms with Gasteiger partial charge in [-0.25, -0.2) is 0 Å². The van der Waals surface area contributed by atoms with Gasteiger partial charge in [0, 0.05) is 6.42 Å². The first-order valence-electron chi connectivity index (χ1n) is 15.6. The zero-order valence-corrected chi connectivity index (χ0v) is 25.4. The fourth-order valence-corrected chi connectivity index (χ4v) is 9.62. The van der Waals surface area contributed by atoms with Crippen molar-refractivity contribution in [2.24, 2.45) is 46.3 Å². The predicted octanol–water partition coefficient (Wildman–Crippen LogP) is 5.12. The largest absolute Gasteiger partial charge is 0.481 e. The molecule has 40 heavy (non-hydrogen) atoms. The van der Waals surface area contributed by atoms with Crippen LogP contribution < -0.4 is 0 Å². The van der Waals surface area contributed by atoms with Gasteiger partial charge in [0.15, 0.2) is 0 Å². The average Bonchev–Trinajstić information content (AvgIpc) is 3.20. The van der Waals surface area contributed by atoms with E-state index in [0.29, 0.717) is 25.7 Å². The van der Waals surface area contributed by atoms with Gasteiger partial charge in [-0.1, -0.05) is 20.8 Å². The summed E-state index contributed by atoms with van der Waals surface area (Å²) in [5.41, 5.74) is -0.836. The van der Waals surface area contributed by atoms with Crippen molar-refractivity contribution in [3.8, 4) is 0 Å². The van der Waals surface area contributed by atoms with Gasteiger partial charge in [-0.3, -0.25) is 14.4 Å². The third-order valence-corrected chi connectivity index (χ3v) is 11.6. The van der Waals surface area contributed by atoms with Crippen LogP contribution in [-0.4, -0.2) is 57.1 Å². The fraction of sp³-hybridized carbons (Fsp3) is 0.906. The molecule has 0 aromatic heterocycles. The molecule has 3 N–H and O–H groups in total. The van der Waals surface area contributed by atoms with E-state index in [0.717, 1.165) is 32.1 Å². The lowest BCUT2D eigenvalue weighted by Gasteiger charge is -2.63. The van der Waals surface area contributed by atoms with Crippen LogP contribution in [0.2, 0.25) is 0 Å². The number of esters is 2. The summed E-state index contributed by atoms with van der Waals surface area (Å²) in [6, 6.07) is 0. The molecule has 0 saturated heterocycles. The fourth-order valence-electron chi connectivity index (χ4n) is 9.62. The molecule has 228 valence electrons. The summed E-state index contributed by atoms with van der Waals surface area (Å²) < 4.78 is 11.2. The predicted molar refractivity (Wildman–Crippen MR) is 149 cm³/mol. The lowest BCUT2D eigenvalue weighted by molar-refractivity contribution is -0.209. The lowest BCUT2D eigenvalue weighted by Crippen LogP contribution is -2.62. The third-order valence-electron chi connectivity index (χ3n) is 11.6. The van der Waals surface area contributed by atoms with Gasteiger partial charge in [0.2, 0.25) is 0 Å². The van der Waals surface area contributed by atoms with Gasteiger partial charge in [0.1, 0.15) is 11.7 Å². The molecule has 4 saturated carbocycles. The van der Waals surface area contributed by atoms with Crippen molar-refractivity contribution in [3.63, 3.8) is 0 Å². The molecule has 5 unspecified atom stereocenters. The molecular formula is C32H52O8. The maximum atomic E-state index is 12.4. The van der Waals surface area contributed by atoms with Gasteiger partial charge < -0.3 is 24.8 Å². The molecule has 11 atom stereocenters. The molecule has 0 aromatic rings. The molecule has 0 heterocycles. The summed E-state index contributed by atoms with van der Waals surface area (Å²) in [5.74, 6) is -0.338. The highest BCUT2D eigenvalue weighted by Gasteiger charge is 2.65. The Hall–Kier alpha value is -1.67. The van der Waals surface area contributed by atoms with E-state index in [1.54, 1.807) is 0 Å². The van der Waals surface area contributed by atoms with E-state index in [2.05, 4.69) is 20.8 Å². The highest BCUT2D eigenvalue weighted by Crippen LogP contribution is 2.68. The Labute approximate surface area is 239 Å². The van der Waals surface area contributed by atoms with Crippen molar-refractivity contribution in [3.05, 3.63) is 0 Å². The molecule has 8 heteroatoms. The number of ether oxygens (including phenoxy) is 2. The zero-order valence-electron chi connectivity index (χ0n) is 25.4. The molecule has 0 aliphatic heterocycles. The highest BCUT2D eigenvalue weighted by atomic mass is 16.6. The van der Waals surface area contributed by atoms with Crippen molar-refractivity contribution in [1.29, 1.82) is 0 Å². The Morgan fingerprint density at radius 3 is 2.27 bits per heavy atom. The number of aliphatic hydroxyl groups is 2. The van der Waals surface area contributed by atoms with Crippen LogP contribution in [0.3, 0.4) is 0 Å². The lowest BCUT2D eigenvalue weighted by atomic mass is 9.43. The SMILES string of the molecule is C[C@H](CCC(=O)OC(C)(C)C)C1CCC2C3C(C[C@H](O)[C@@]21C)[C@@]1(C)CC[C@@H](OC(=O)CCC(=O)O)CC1C[C@H]3O. The quantitative estimate of drug-likeness (QED) is 0.346. The maximum absolute atomic E-state index is 12.4. The van der Waals surface area contributed by atoms with Crippen LogP contribution in [0.25, 0.3) is 0 Å². The van der Waals surface area contributed by atoms with Crippen LogP contribution in [0.1, 0.15) is 112 Å². The van der Waals surface area contributed by atoms with Crippen LogP contribution in [-0.2, 0) is 23.9 Å². The second-order valence-electron chi connectivity index (χ2n) is 15.0. The summed E-state index contributed by atoms with van der Waals surface area (Å²) in [6.45, 7) is 12.4. The van der Waals surface area contributed by atoms with Crippen molar-refractivity contribution in [2.75, 3.05) is 0 Å². The molecule has 4 fully saturated rings. The monoisotopic (exact) mass is 564 g/mol. The number of fused-ring (bicyclic) bond motifs is 5. The summed E-state index contributed by atoms with van der Waals surface area (Å²) in [5, 5.41) is 32.3. The molecule has 4 aliphatic rings. The third kappa shape index (κ3) is 6.08. The number of hydrogen-bond donors (Lipinski definition) is 3. The van der Waals surface area contributed by atoms with Crippen molar-refractivity contribution < 1.29 is 39.2 Å². The first-order chi connectivity index (χ1) is 18.6. The Kier molecular flexibility index (Phi) is 9.02. The molecule has 4 rings (SSSR count). The van der Waals surface area contributed by atoms with Crippen LogP contribution in [0.5, 0.6) is 0 Å². The first-order valence-corrected chi connectivity index (χ1v) is 15.6. The summed E-state index contributed by atoms with van der Waals surface area (Å²) >= 11 is 0. The van der Waals surface area contributed by atoms with E-state index >= 15 is 0 Å². The van der Waals surface area contributed by atoms with E-state index in [4.69, 9.17) is 14.6 Å². The molecule has 0 bridgehead atoms. The molecule has 0 amide bonds. The Balaban J connectivity index is 1.43. The summed E-state index contributed by atoms with van der Waals surface area (Å²) in [6.07, 6.45) is 5.18. The molecular weight excluding hydrogens is 512 g/mol. The van der Waals surface area contributed by atoms with Gasteiger partial charge in [-0.05, 0) is 118 Å². The average molecular weight is 565 g/mol. The Bertz CT molecular complexity index is 957. The summed E-state index contributed by atoms with van der Waals surface area (Å²) in [7, 11) is 0. The van der Waals surface area contributed by atoms with Gasteiger partial charge in [0.05, 0.1) is 25.0 Å². The standard InChI is InChI=1S/C32H52O8/c1-18(7-11-28(38)40-30(2,3)4)21-8-9-22-29-23(17-25(34)32(21,22)6)31(5)14-13-20(15-19(31)16-24(29)33)39-27(37)12-10-26(35)36/h18-25,29,33-34H,7-17H2,1-6H3,(H,35,36)/t18-,19?,20-,21?,22?,23?,24-,25+,29?,31+,32-/m1/s1. The Morgan fingerprint density at radius 1 is 0.925 bits per heavy atom. The van der Waals surface area contributed by atoms with Crippen LogP contribution in [0.4, 0.5) is 0 Å². The number of carboxylic acid groups (broad SMARTS) is 1. The van der Waals surface area contributed by atoms with Crippen molar-refractivity contribution in [1.82, 2.24) is 0 Å². The van der Waals surface area contributed by atoms with E-state index in [-0.39, 0.29) is 71.3 Å².